The molecule has 0 heterocycles. The number of hydrogen-bond donors (Lipinski definition) is 1. The summed E-state index contributed by atoms with van der Waals surface area (Å²) < 4.78 is 0. The SMILES string of the molecule is C=C1C=C(O)c2cc(C)ccc2C1. The zero-order valence-corrected chi connectivity index (χ0v) is 7.67. The molecule has 1 heteroatoms. The predicted octanol–water partition coefficient (Wildman–Crippen LogP) is 3.01. The third kappa shape index (κ3) is 1.37. The molecule has 66 valence electrons. The van der Waals surface area contributed by atoms with Crippen molar-refractivity contribution in [2.75, 3.05) is 0 Å². The van der Waals surface area contributed by atoms with Crippen molar-refractivity contribution < 1.29 is 5.11 Å². The molecule has 0 amide bonds. The van der Waals surface area contributed by atoms with Gasteiger partial charge in [-0.25, -0.2) is 0 Å². The smallest absolute Gasteiger partial charge is 0.123 e. The molecule has 0 fully saturated rings. The zero-order valence-electron chi connectivity index (χ0n) is 7.67. The Kier molecular flexibility index (Phi) is 1.73. The van der Waals surface area contributed by atoms with Crippen LogP contribution in [-0.4, -0.2) is 5.11 Å². The lowest BCUT2D eigenvalue weighted by Gasteiger charge is -2.15. The maximum atomic E-state index is 9.66. The van der Waals surface area contributed by atoms with E-state index in [1.807, 2.05) is 13.0 Å². The van der Waals surface area contributed by atoms with Crippen LogP contribution in [0.5, 0.6) is 0 Å². The summed E-state index contributed by atoms with van der Waals surface area (Å²) in [4.78, 5) is 0. The zero-order chi connectivity index (χ0) is 9.42. The summed E-state index contributed by atoms with van der Waals surface area (Å²) in [6.45, 7) is 5.87. The molecule has 1 aromatic carbocycles. The van der Waals surface area contributed by atoms with Crippen molar-refractivity contribution in [1.82, 2.24) is 0 Å². The number of aliphatic hydroxyl groups is 1. The monoisotopic (exact) mass is 172 g/mol. The van der Waals surface area contributed by atoms with Crippen LogP contribution in [0, 0.1) is 6.92 Å². The third-order valence-electron chi connectivity index (χ3n) is 2.30. The fourth-order valence-electron chi connectivity index (χ4n) is 1.65. The van der Waals surface area contributed by atoms with E-state index in [2.05, 4.69) is 18.7 Å². The fourth-order valence-corrected chi connectivity index (χ4v) is 1.65. The molecule has 1 aromatic rings. The number of allylic oxidation sites excluding steroid dienone is 2. The molecule has 0 saturated carbocycles. The Hall–Kier alpha value is -1.50. The Balaban J connectivity index is 2.60. The van der Waals surface area contributed by atoms with Gasteiger partial charge in [-0.15, -0.1) is 0 Å². The van der Waals surface area contributed by atoms with E-state index in [0.717, 1.165) is 23.1 Å². The van der Waals surface area contributed by atoms with Gasteiger partial charge in [0.25, 0.3) is 0 Å². The van der Waals surface area contributed by atoms with Crippen molar-refractivity contribution in [3.8, 4) is 0 Å². The van der Waals surface area contributed by atoms with Crippen molar-refractivity contribution in [3.05, 3.63) is 53.1 Å². The largest absolute Gasteiger partial charge is 0.507 e. The van der Waals surface area contributed by atoms with Crippen LogP contribution in [0.25, 0.3) is 5.76 Å². The second kappa shape index (κ2) is 2.77. The van der Waals surface area contributed by atoms with Crippen LogP contribution in [0.2, 0.25) is 0 Å². The standard InChI is InChI=1S/C12H12O/c1-8-3-4-10-5-9(2)7-12(13)11(10)6-8/h3-4,6-7,13H,2,5H2,1H3. The quantitative estimate of drug-likeness (QED) is 0.637. The first-order valence-electron chi connectivity index (χ1n) is 4.35. The number of rotatable bonds is 0. The Morgan fingerprint density at radius 1 is 1.38 bits per heavy atom. The van der Waals surface area contributed by atoms with Gasteiger partial charge in [0.05, 0.1) is 0 Å². The Morgan fingerprint density at radius 2 is 2.15 bits per heavy atom. The van der Waals surface area contributed by atoms with Crippen LogP contribution in [0.4, 0.5) is 0 Å². The molecule has 1 aliphatic rings. The van der Waals surface area contributed by atoms with Gasteiger partial charge in [0.15, 0.2) is 0 Å². The third-order valence-corrected chi connectivity index (χ3v) is 2.30. The number of benzene rings is 1. The summed E-state index contributed by atoms with van der Waals surface area (Å²) >= 11 is 0. The van der Waals surface area contributed by atoms with E-state index in [-0.39, 0.29) is 0 Å². The van der Waals surface area contributed by atoms with E-state index >= 15 is 0 Å². The lowest BCUT2D eigenvalue weighted by molar-refractivity contribution is 0.508. The van der Waals surface area contributed by atoms with Crippen molar-refractivity contribution in [1.29, 1.82) is 0 Å². The molecule has 2 rings (SSSR count). The van der Waals surface area contributed by atoms with E-state index in [9.17, 15) is 5.11 Å². The fraction of sp³-hybridized carbons (Fsp3) is 0.167. The summed E-state index contributed by atoms with van der Waals surface area (Å²) in [6.07, 6.45) is 2.58. The predicted molar refractivity (Wildman–Crippen MR) is 54.6 cm³/mol. The maximum Gasteiger partial charge on any atom is 0.123 e. The molecule has 13 heavy (non-hydrogen) atoms. The van der Waals surface area contributed by atoms with E-state index in [4.69, 9.17) is 0 Å². The van der Waals surface area contributed by atoms with E-state index in [0.29, 0.717) is 5.76 Å². The number of aryl methyl sites for hydroxylation is 1. The van der Waals surface area contributed by atoms with Crippen LogP contribution in [0.3, 0.4) is 0 Å². The molecule has 0 aliphatic heterocycles. The van der Waals surface area contributed by atoms with Crippen LogP contribution in [0.15, 0.2) is 36.4 Å². The molecule has 0 unspecified atom stereocenters. The average molecular weight is 172 g/mol. The summed E-state index contributed by atoms with van der Waals surface area (Å²) in [5.74, 6) is 0.343. The molecule has 1 aliphatic carbocycles. The molecule has 0 saturated heterocycles. The Labute approximate surface area is 78.0 Å². The molecule has 0 radical (unpaired) electrons. The van der Waals surface area contributed by atoms with E-state index in [1.165, 1.54) is 5.56 Å². The second-order valence-electron chi connectivity index (χ2n) is 3.53. The van der Waals surface area contributed by atoms with Gasteiger partial charge in [-0.05, 0) is 36.6 Å². The molecule has 0 spiro atoms. The Bertz CT molecular complexity index is 400. The number of fused-ring (bicyclic) bond motifs is 1. The van der Waals surface area contributed by atoms with Gasteiger partial charge in [-0.1, -0.05) is 24.3 Å². The minimum absolute atomic E-state index is 0.343. The summed E-state index contributed by atoms with van der Waals surface area (Å²) in [7, 11) is 0. The minimum atomic E-state index is 0.343. The van der Waals surface area contributed by atoms with Crippen LogP contribution < -0.4 is 0 Å². The van der Waals surface area contributed by atoms with Gasteiger partial charge in [0.1, 0.15) is 5.76 Å². The first-order chi connectivity index (χ1) is 6.16. The molecular formula is C12H12O. The summed E-state index contributed by atoms with van der Waals surface area (Å²) in [5, 5.41) is 9.66. The van der Waals surface area contributed by atoms with E-state index in [1.54, 1.807) is 6.08 Å². The average Bonchev–Trinajstić information content (AvgIpc) is 2.06. The highest BCUT2D eigenvalue weighted by molar-refractivity contribution is 5.68. The van der Waals surface area contributed by atoms with Gasteiger partial charge in [0, 0.05) is 5.56 Å². The molecule has 0 aromatic heterocycles. The van der Waals surface area contributed by atoms with Gasteiger partial charge < -0.3 is 5.11 Å². The highest BCUT2D eigenvalue weighted by atomic mass is 16.3. The molecular weight excluding hydrogens is 160 g/mol. The van der Waals surface area contributed by atoms with Gasteiger partial charge in [-0.3, -0.25) is 0 Å². The van der Waals surface area contributed by atoms with Gasteiger partial charge in [0.2, 0.25) is 0 Å². The lowest BCUT2D eigenvalue weighted by atomic mass is 9.92. The van der Waals surface area contributed by atoms with E-state index < -0.39 is 0 Å². The van der Waals surface area contributed by atoms with Crippen molar-refractivity contribution in [3.63, 3.8) is 0 Å². The Morgan fingerprint density at radius 3 is 2.92 bits per heavy atom. The number of aliphatic hydroxyl groups excluding tert-OH is 1. The summed E-state index contributed by atoms with van der Waals surface area (Å²) in [6, 6.07) is 6.12. The van der Waals surface area contributed by atoms with Crippen molar-refractivity contribution in [2.24, 2.45) is 0 Å². The van der Waals surface area contributed by atoms with Crippen molar-refractivity contribution in [2.45, 2.75) is 13.3 Å². The molecule has 0 atom stereocenters. The topological polar surface area (TPSA) is 20.2 Å². The number of hydrogen-bond acceptors (Lipinski definition) is 1. The second-order valence-corrected chi connectivity index (χ2v) is 3.53. The van der Waals surface area contributed by atoms with Crippen LogP contribution in [-0.2, 0) is 6.42 Å². The molecule has 1 N–H and O–H groups in total. The molecule has 1 nitrogen and oxygen atoms in total. The van der Waals surface area contributed by atoms with Crippen LogP contribution in [0.1, 0.15) is 16.7 Å². The van der Waals surface area contributed by atoms with Gasteiger partial charge >= 0.3 is 0 Å². The summed E-state index contributed by atoms with van der Waals surface area (Å²) in [5.41, 5.74) is 4.25. The maximum absolute atomic E-state index is 9.66. The molecule has 0 bridgehead atoms. The van der Waals surface area contributed by atoms with Crippen LogP contribution >= 0.6 is 0 Å². The van der Waals surface area contributed by atoms with Gasteiger partial charge in [-0.2, -0.15) is 0 Å². The first-order valence-corrected chi connectivity index (χ1v) is 4.35. The van der Waals surface area contributed by atoms with Crippen molar-refractivity contribution >= 4 is 5.76 Å². The highest BCUT2D eigenvalue weighted by Gasteiger charge is 2.12. The first kappa shape index (κ1) is 8.11. The highest BCUT2D eigenvalue weighted by Crippen LogP contribution is 2.27. The normalized spacial score (nSPS) is 15.2. The minimum Gasteiger partial charge on any atom is -0.507 e. The lowest BCUT2D eigenvalue weighted by Crippen LogP contribution is -2.01.